The predicted octanol–water partition coefficient (Wildman–Crippen LogP) is 4.72. The Balaban J connectivity index is 2.20. The monoisotopic (exact) mass is 405 g/mol. The number of nitrogens with one attached hydrogen (secondary N) is 1. The molecule has 0 saturated carbocycles. The maximum atomic E-state index is 12.4. The van der Waals surface area contributed by atoms with Crippen LogP contribution in [0.25, 0.3) is 6.08 Å². The summed E-state index contributed by atoms with van der Waals surface area (Å²) < 4.78 is 21.3. The number of halogens is 1. The van der Waals surface area contributed by atoms with Crippen molar-refractivity contribution in [2.75, 3.05) is 33.3 Å². The number of ether oxygens (including phenoxy) is 4. The summed E-state index contributed by atoms with van der Waals surface area (Å²) in [6.07, 6.45) is 3.07. The molecule has 0 radical (unpaired) electrons. The molecule has 0 aliphatic rings. The lowest BCUT2D eigenvalue weighted by molar-refractivity contribution is -0.111. The minimum absolute atomic E-state index is 0.291. The van der Waals surface area contributed by atoms with Crippen LogP contribution >= 0.6 is 11.6 Å². The van der Waals surface area contributed by atoms with Crippen LogP contribution in [0.1, 0.15) is 18.1 Å². The van der Waals surface area contributed by atoms with E-state index in [0.29, 0.717) is 45.9 Å². The van der Waals surface area contributed by atoms with Gasteiger partial charge in [0, 0.05) is 17.8 Å². The highest BCUT2D eigenvalue weighted by Gasteiger charge is 2.12. The van der Waals surface area contributed by atoms with Crippen LogP contribution in [0.3, 0.4) is 0 Å². The lowest BCUT2D eigenvalue weighted by Crippen LogP contribution is -2.09. The minimum Gasteiger partial charge on any atom is -0.493 e. The number of hydrogen-bond donors (Lipinski definition) is 1. The van der Waals surface area contributed by atoms with Crippen LogP contribution in [-0.4, -0.2) is 33.8 Å². The lowest BCUT2D eigenvalue weighted by atomic mass is 10.1. The van der Waals surface area contributed by atoms with Crippen molar-refractivity contribution in [3.05, 3.63) is 46.5 Å². The summed E-state index contributed by atoms with van der Waals surface area (Å²) in [5.74, 6) is 1.83. The van der Waals surface area contributed by atoms with Crippen LogP contribution < -0.4 is 24.3 Å². The van der Waals surface area contributed by atoms with Crippen molar-refractivity contribution in [1.82, 2.24) is 0 Å². The SMILES string of the molecule is CCOc1cc(/C=C/C(=O)Nc2cc(OC)c(OC)cc2C)cc(Cl)c1OC. The number of methoxy groups -OCH3 is 3. The molecule has 0 heterocycles. The van der Waals surface area contributed by atoms with Crippen molar-refractivity contribution in [3.63, 3.8) is 0 Å². The van der Waals surface area contributed by atoms with Crippen LogP contribution in [0.5, 0.6) is 23.0 Å². The molecule has 0 aliphatic carbocycles. The van der Waals surface area contributed by atoms with Gasteiger partial charge in [-0.2, -0.15) is 0 Å². The third kappa shape index (κ3) is 5.10. The molecule has 6 nitrogen and oxygen atoms in total. The predicted molar refractivity (Wildman–Crippen MR) is 111 cm³/mol. The summed E-state index contributed by atoms with van der Waals surface area (Å²) in [6.45, 7) is 4.21. The van der Waals surface area contributed by atoms with Gasteiger partial charge < -0.3 is 24.3 Å². The summed E-state index contributed by atoms with van der Waals surface area (Å²) in [7, 11) is 4.63. The fraction of sp³-hybridized carbons (Fsp3) is 0.286. The Labute approximate surface area is 170 Å². The first kappa shape index (κ1) is 21.4. The van der Waals surface area contributed by atoms with Gasteiger partial charge in [0.2, 0.25) is 5.91 Å². The van der Waals surface area contributed by atoms with Gasteiger partial charge in [-0.1, -0.05) is 11.6 Å². The molecule has 0 saturated heterocycles. The van der Waals surface area contributed by atoms with Gasteiger partial charge >= 0.3 is 0 Å². The number of benzene rings is 2. The molecule has 2 aromatic carbocycles. The highest BCUT2D eigenvalue weighted by atomic mass is 35.5. The van der Waals surface area contributed by atoms with E-state index in [4.69, 9.17) is 30.5 Å². The van der Waals surface area contributed by atoms with E-state index in [-0.39, 0.29) is 5.91 Å². The minimum atomic E-state index is -0.291. The Hall–Kier alpha value is -2.86. The molecule has 0 aromatic heterocycles. The number of amides is 1. The summed E-state index contributed by atoms with van der Waals surface area (Å²) in [5.41, 5.74) is 2.20. The molecule has 0 atom stereocenters. The zero-order chi connectivity index (χ0) is 20.7. The second kappa shape index (κ2) is 9.90. The van der Waals surface area contributed by atoms with E-state index in [9.17, 15) is 4.79 Å². The number of anilines is 1. The van der Waals surface area contributed by atoms with Crippen molar-refractivity contribution >= 4 is 29.3 Å². The van der Waals surface area contributed by atoms with E-state index in [0.717, 1.165) is 5.56 Å². The van der Waals surface area contributed by atoms with Gasteiger partial charge in [-0.3, -0.25) is 4.79 Å². The average molecular weight is 406 g/mol. The first-order chi connectivity index (χ1) is 13.4. The van der Waals surface area contributed by atoms with Crippen LogP contribution in [0.4, 0.5) is 5.69 Å². The van der Waals surface area contributed by atoms with Crippen LogP contribution in [-0.2, 0) is 4.79 Å². The summed E-state index contributed by atoms with van der Waals surface area (Å²) >= 11 is 6.23. The molecule has 0 aliphatic heterocycles. The van der Waals surface area contributed by atoms with Crippen molar-refractivity contribution in [3.8, 4) is 23.0 Å². The molecule has 28 heavy (non-hydrogen) atoms. The standard InChI is InChI=1S/C21H24ClNO5/c1-6-28-19-11-14(10-15(22)21(19)27-5)7-8-20(24)23-16-12-18(26-4)17(25-3)9-13(16)2/h7-12H,6H2,1-5H3,(H,23,24)/b8-7+. The maximum absolute atomic E-state index is 12.4. The van der Waals surface area contributed by atoms with Crippen molar-refractivity contribution in [1.29, 1.82) is 0 Å². The number of carbonyl (C=O) groups is 1. The second-order valence-electron chi connectivity index (χ2n) is 5.81. The van der Waals surface area contributed by atoms with Gasteiger partial charge in [-0.25, -0.2) is 0 Å². The zero-order valence-electron chi connectivity index (χ0n) is 16.6. The molecular weight excluding hydrogens is 382 g/mol. The highest BCUT2D eigenvalue weighted by molar-refractivity contribution is 6.32. The van der Waals surface area contributed by atoms with Gasteiger partial charge in [0.1, 0.15) is 0 Å². The Morgan fingerprint density at radius 1 is 1.04 bits per heavy atom. The van der Waals surface area contributed by atoms with Gasteiger partial charge in [0.15, 0.2) is 23.0 Å². The number of carbonyl (C=O) groups excluding carboxylic acids is 1. The molecule has 2 aromatic rings. The van der Waals surface area contributed by atoms with Crippen LogP contribution in [0.15, 0.2) is 30.3 Å². The molecule has 1 amide bonds. The van der Waals surface area contributed by atoms with E-state index in [1.807, 2.05) is 13.8 Å². The van der Waals surface area contributed by atoms with E-state index < -0.39 is 0 Å². The van der Waals surface area contributed by atoms with Crippen molar-refractivity contribution < 1.29 is 23.7 Å². The third-order valence-corrected chi connectivity index (χ3v) is 4.23. The molecule has 0 unspecified atom stereocenters. The maximum Gasteiger partial charge on any atom is 0.248 e. The van der Waals surface area contributed by atoms with Gasteiger partial charge in [-0.15, -0.1) is 0 Å². The smallest absolute Gasteiger partial charge is 0.248 e. The number of rotatable bonds is 8. The van der Waals surface area contributed by atoms with E-state index >= 15 is 0 Å². The Morgan fingerprint density at radius 2 is 1.71 bits per heavy atom. The Morgan fingerprint density at radius 3 is 2.32 bits per heavy atom. The molecule has 0 spiro atoms. The average Bonchev–Trinajstić information content (AvgIpc) is 2.67. The number of hydrogen-bond acceptors (Lipinski definition) is 5. The van der Waals surface area contributed by atoms with Gasteiger partial charge in [-0.05, 0) is 49.2 Å². The topological polar surface area (TPSA) is 66.0 Å². The summed E-state index contributed by atoms with van der Waals surface area (Å²) in [5, 5.41) is 3.24. The molecule has 7 heteroatoms. The zero-order valence-corrected chi connectivity index (χ0v) is 17.3. The fourth-order valence-electron chi connectivity index (χ4n) is 2.61. The van der Waals surface area contributed by atoms with Crippen molar-refractivity contribution in [2.24, 2.45) is 0 Å². The normalized spacial score (nSPS) is 10.6. The first-order valence-electron chi connectivity index (χ1n) is 8.65. The van der Waals surface area contributed by atoms with E-state index in [2.05, 4.69) is 5.32 Å². The largest absolute Gasteiger partial charge is 0.493 e. The van der Waals surface area contributed by atoms with E-state index in [1.54, 1.807) is 44.6 Å². The van der Waals surface area contributed by atoms with Gasteiger partial charge in [0.25, 0.3) is 0 Å². The van der Waals surface area contributed by atoms with Crippen LogP contribution in [0, 0.1) is 6.92 Å². The van der Waals surface area contributed by atoms with E-state index in [1.165, 1.54) is 13.2 Å². The first-order valence-corrected chi connectivity index (χ1v) is 9.03. The fourth-order valence-corrected chi connectivity index (χ4v) is 2.90. The molecule has 0 bridgehead atoms. The Bertz CT molecular complexity index is 880. The quantitative estimate of drug-likeness (QED) is 0.643. The molecule has 1 N–H and O–H groups in total. The summed E-state index contributed by atoms with van der Waals surface area (Å²) in [6, 6.07) is 6.99. The summed E-state index contributed by atoms with van der Waals surface area (Å²) in [4.78, 5) is 12.4. The highest BCUT2D eigenvalue weighted by Crippen LogP contribution is 2.37. The second-order valence-corrected chi connectivity index (χ2v) is 6.22. The third-order valence-electron chi connectivity index (χ3n) is 3.95. The van der Waals surface area contributed by atoms with Crippen LogP contribution in [0.2, 0.25) is 5.02 Å². The molecule has 150 valence electrons. The number of aryl methyl sites for hydroxylation is 1. The molecule has 2 rings (SSSR count). The lowest BCUT2D eigenvalue weighted by Gasteiger charge is -2.13. The Kier molecular flexibility index (Phi) is 7.58. The molecular formula is C21H24ClNO5. The molecule has 0 fully saturated rings. The van der Waals surface area contributed by atoms with Crippen molar-refractivity contribution in [2.45, 2.75) is 13.8 Å². The van der Waals surface area contributed by atoms with Gasteiger partial charge in [0.05, 0.1) is 33.0 Å².